The molecule has 2 aliphatic rings. The number of piperidine rings is 1. The number of benzene rings is 1. The lowest BCUT2D eigenvalue weighted by molar-refractivity contribution is -0.142. The van der Waals surface area contributed by atoms with Gasteiger partial charge in [-0.05, 0) is 74.4 Å². The molecule has 0 amide bonds. The van der Waals surface area contributed by atoms with Crippen LogP contribution in [0.2, 0.25) is 0 Å². The number of methoxy groups -OCH3 is 1. The predicted molar refractivity (Wildman–Crippen MR) is 107 cm³/mol. The van der Waals surface area contributed by atoms with Gasteiger partial charge in [-0.3, -0.25) is 9.69 Å². The molecule has 2 saturated heterocycles. The SMILES string of the molecule is COC(=O)C1CC2(CCN(Cc3cc(=O)oc4c(C)cc(C)cc34)CC2)CN1. The Balaban J connectivity index is 1.49. The highest BCUT2D eigenvalue weighted by atomic mass is 16.5. The lowest BCUT2D eigenvalue weighted by Gasteiger charge is -2.39. The van der Waals surface area contributed by atoms with E-state index in [1.165, 1.54) is 12.7 Å². The Labute approximate surface area is 164 Å². The Morgan fingerprint density at radius 2 is 2.04 bits per heavy atom. The second-order valence-corrected chi connectivity index (χ2v) is 8.49. The van der Waals surface area contributed by atoms with Gasteiger partial charge in [-0.25, -0.2) is 4.79 Å². The Morgan fingerprint density at radius 1 is 1.29 bits per heavy atom. The minimum absolute atomic E-state index is 0.160. The zero-order valence-corrected chi connectivity index (χ0v) is 16.8. The van der Waals surface area contributed by atoms with Crippen LogP contribution in [-0.4, -0.2) is 43.7 Å². The number of esters is 1. The zero-order chi connectivity index (χ0) is 19.9. The standard InChI is InChI=1S/C22H28N2O4/c1-14-8-15(2)20-17(9-14)16(10-19(25)28-20)12-24-6-4-22(5-7-24)11-18(23-13-22)21(26)27-3/h8-10,18,23H,4-7,11-13H2,1-3H3. The van der Waals surface area contributed by atoms with Crippen LogP contribution >= 0.6 is 0 Å². The highest BCUT2D eigenvalue weighted by molar-refractivity contribution is 5.83. The Morgan fingerprint density at radius 3 is 2.75 bits per heavy atom. The van der Waals surface area contributed by atoms with E-state index >= 15 is 0 Å². The van der Waals surface area contributed by atoms with Crippen LogP contribution in [-0.2, 0) is 16.1 Å². The summed E-state index contributed by atoms with van der Waals surface area (Å²) in [7, 11) is 1.45. The zero-order valence-electron chi connectivity index (χ0n) is 16.8. The van der Waals surface area contributed by atoms with Crippen molar-refractivity contribution in [2.75, 3.05) is 26.7 Å². The van der Waals surface area contributed by atoms with Crippen LogP contribution in [0.5, 0.6) is 0 Å². The molecule has 2 aromatic rings. The largest absolute Gasteiger partial charge is 0.468 e. The van der Waals surface area contributed by atoms with E-state index in [0.717, 1.165) is 62.0 Å². The molecule has 6 nitrogen and oxygen atoms in total. The fourth-order valence-electron chi connectivity index (χ4n) is 4.84. The third kappa shape index (κ3) is 3.59. The lowest BCUT2D eigenvalue weighted by atomic mass is 9.76. The van der Waals surface area contributed by atoms with E-state index in [0.29, 0.717) is 5.58 Å². The predicted octanol–water partition coefficient (Wildman–Crippen LogP) is 2.53. The number of hydrogen-bond donors (Lipinski definition) is 1. The summed E-state index contributed by atoms with van der Waals surface area (Å²) in [5, 5.41) is 4.36. The van der Waals surface area contributed by atoms with Gasteiger partial charge in [0.05, 0.1) is 7.11 Å². The molecule has 1 unspecified atom stereocenters. The molecule has 6 heteroatoms. The third-order valence-electron chi connectivity index (χ3n) is 6.42. The van der Waals surface area contributed by atoms with Gasteiger partial charge < -0.3 is 14.5 Å². The van der Waals surface area contributed by atoms with Crippen molar-refractivity contribution in [3.63, 3.8) is 0 Å². The Hall–Kier alpha value is -2.18. The van der Waals surface area contributed by atoms with Gasteiger partial charge in [0, 0.05) is 24.5 Å². The van der Waals surface area contributed by atoms with E-state index in [9.17, 15) is 9.59 Å². The maximum absolute atomic E-state index is 12.1. The molecule has 3 heterocycles. The van der Waals surface area contributed by atoms with E-state index in [2.05, 4.69) is 23.2 Å². The Kier molecular flexibility index (Phi) is 5.02. The summed E-state index contributed by atoms with van der Waals surface area (Å²) in [5.41, 5.74) is 3.79. The van der Waals surface area contributed by atoms with Crippen molar-refractivity contribution >= 4 is 16.9 Å². The smallest absolute Gasteiger partial charge is 0.336 e. The number of carbonyl (C=O) groups excluding carboxylic acids is 1. The number of rotatable bonds is 3. The summed E-state index contributed by atoms with van der Waals surface area (Å²) < 4.78 is 10.4. The summed E-state index contributed by atoms with van der Waals surface area (Å²) in [6, 6.07) is 5.61. The second-order valence-electron chi connectivity index (χ2n) is 8.49. The summed E-state index contributed by atoms with van der Waals surface area (Å²) in [6.07, 6.45) is 2.94. The van der Waals surface area contributed by atoms with E-state index in [-0.39, 0.29) is 23.1 Å². The van der Waals surface area contributed by atoms with E-state index < -0.39 is 0 Å². The number of hydrogen-bond acceptors (Lipinski definition) is 6. The number of likely N-dealkylation sites (tertiary alicyclic amines) is 1. The fraction of sp³-hybridized carbons (Fsp3) is 0.545. The van der Waals surface area contributed by atoms with Crippen LogP contribution < -0.4 is 10.9 Å². The molecule has 0 aliphatic carbocycles. The van der Waals surface area contributed by atoms with Crippen molar-refractivity contribution in [1.29, 1.82) is 0 Å². The van der Waals surface area contributed by atoms with Crippen molar-refractivity contribution in [2.24, 2.45) is 5.41 Å². The van der Waals surface area contributed by atoms with Crippen LogP contribution in [0.3, 0.4) is 0 Å². The van der Waals surface area contributed by atoms with Crippen LogP contribution in [0.25, 0.3) is 11.0 Å². The molecule has 1 N–H and O–H groups in total. The minimum atomic E-state index is -0.288. The quantitative estimate of drug-likeness (QED) is 0.648. The topological polar surface area (TPSA) is 71.8 Å². The number of nitrogens with zero attached hydrogens (tertiary/aromatic N) is 1. The first-order valence-corrected chi connectivity index (χ1v) is 9.97. The van der Waals surface area contributed by atoms with Gasteiger partial charge in [0.15, 0.2) is 0 Å². The molecule has 1 atom stereocenters. The molecule has 0 radical (unpaired) electrons. The first kappa shape index (κ1) is 19.2. The maximum atomic E-state index is 12.1. The monoisotopic (exact) mass is 384 g/mol. The molecule has 1 aromatic heterocycles. The molecule has 28 heavy (non-hydrogen) atoms. The normalized spacial score (nSPS) is 22.0. The molecule has 150 valence electrons. The number of nitrogens with one attached hydrogen (secondary N) is 1. The van der Waals surface area contributed by atoms with E-state index in [4.69, 9.17) is 9.15 Å². The van der Waals surface area contributed by atoms with Gasteiger partial charge >= 0.3 is 11.6 Å². The van der Waals surface area contributed by atoms with Gasteiger partial charge in [0.25, 0.3) is 0 Å². The number of fused-ring (bicyclic) bond motifs is 1. The average molecular weight is 384 g/mol. The maximum Gasteiger partial charge on any atom is 0.336 e. The molecule has 0 saturated carbocycles. The average Bonchev–Trinajstić information content (AvgIpc) is 3.08. The van der Waals surface area contributed by atoms with Gasteiger partial charge in [-0.2, -0.15) is 0 Å². The van der Waals surface area contributed by atoms with Gasteiger partial charge in [0.1, 0.15) is 11.6 Å². The summed E-state index contributed by atoms with van der Waals surface area (Å²) in [5.74, 6) is -0.160. The first-order valence-electron chi connectivity index (χ1n) is 9.97. The highest BCUT2D eigenvalue weighted by Crippen LogP contribution is 2.40. The van der Waals surface area contributed by atoms with Gasteiger partial charge in [0.2, 0.25) is 0 Å². The van der Waals surface area contributed by atoms with Crippen molar-refractivity contribution in [1.82, 2.24) is 10.2 Å². The number of carbonyl (C=O) groups is 1. The van der Waals surface area contributed by atoms with Crippen LogP contribution in [0.4, 0.5) is 0 Å². The molecule has 2 aliphatic heterocycles. The summed E-state index contributed by atoms with van der Waals surface area (Å²) in [4.78, 5) is 26.3. The fourth-order valence-corrected chi connectivity index (χ4v) is 4.84. The molecule has 0 bridgehead atoms. The third-order valence-corrected chi connectivity index (χ3v) is 6.42. The molecule has 4 rings (SSSR count). The van der Waals surface area contributed by atoms with E-state index in [1.807, 2.05) is 13.0 Å². The van der Waals surface area contributed by atoms with Crippen molar-refractivity contribution in [3.05, 3.63) is 45.3 Å². The summed E-state index contributed by atoms with van der Waals surface area (Å²) in [6.45, 7) is 7.59. The highest BCUT2D eigenvalue weighted by Gasteiger charge is 2.43. The van der Waals surface area contributed by atoms with Crippen LogP contribution in [0.1, 0.15) is 36.0 Å². The first-order chi connectivity index (χ1) is 13.4. The minimum Gasteiger partial charge on any atom is -0.468 e. The van der Waals surface area contributed by atoms with Crippen LogP contribution in [0.15, 0.2) is 27.4 Å². The van der Waals surface area contributed by atoms with E-state index in [1.54, 1.807) is 6.07 Å². The summed E-state index contributed by atoms with van der Waals surface area (Å²) >= 11 is 0. The molecule has 1 aromatic carbocycles. The van der Waals surface area contributed by atoms with Crippen molar-refractivity contribution in [2.45, 2.75) is 45.7 Å². The van der Waals surface area contributed by atoms with Gasteiger partial charge in [-0.15, -0.1) is 0 Å². The van der Waals surface area contributed by atoms with Crippen molar-refractivity contribution in [3.8, 4) is 0 Å². The molecule has 1 spiro atoms. The molecule has 2 fully saturated rings. The Bertz CT molecular complexity index is 957. The molecular weight excluding hydrogens is 356 g/mol. The number of ether oxygens (including phenoxy) is 1. The van der Waals surface area contributed by atoms with Crippen LogP contribution in [0, 0.1) is 19.3 Å². The number of aryl methyl sites for hydroxylation is 2. The van der Waals surface area contributed by atoms with Gasteiger partial charge in [-0.1, -0.05) is 6.07 Å². The lowest BCUT2D eigenvalue weighted by Crippen LogP contribution is -2.40. The molecular formula is C22H28N2O4. The second kappa shape index (κ2) is 7.33. The van der Waals surface area contributed by atoms with Crippen molar-refractivity contribution < 1.29 is 13.9 Å².